The predicted octanol–water partition coefficient (Wildman–Crippen LogP) is 4.78. The van der Waals surface area contributed by atoms with E-state index in [4.69, 9.17) is 9.15 Å². The zero-order chi connectivity index (χ0) is 19.5. The molecule has 0 saturated heterocycles. The summed E-state index contributed by atoms with van der Waals surface area (Å²) < 4.78 is 14.4. The minimum atomic E-state index is -0.347. The van der Waals surface area contributed by atoms with Crippen molar-refractivity contribution in [2.24, 2.45) is 0 Å². The summed E-state index contributed by atoms with van der Waals surface area (Å²) in [4.78, 5) is 11.6. The first-order valence-corrected chi connectivity index (χ1v) is 9.76. The van der Waals surface area contributed by atoms with Crippen LogP contribution in [-0.2, 0) is 13.2 Å². The van der Waals surface area contributed by atoms with Gasteiger partial charge in [-0.1, -0.05) is 34.1 Å². The van der Waals surface area contributed by atoms with Crippen molar-refractivity contribution in [2.45, 2.75) is 20.1 Å². The Balaban J connectivity index is 1.44. The van der Waals surface area contributed by atoms with Gasteiger partial charge in [-0.2, -0.15) is 0 Å². The molecule has 0 aliphatic heterocycles. The lowest BCUT2D eigenvalue weighted by molar-refractivity contribution is -0.688. The minimum Gasteiger partial charge on any atom is -0.489 e. The zero-order valence-corrected chi connectivity index (χ0v) is 17.0. The predicted molar refractivity (Wildman–Crippen MR) is 111 cm³/mol. The van der Waals surface area contributed by atoms with Gasteiger partial charge < -0.3 is 9.15 Å². The maximum atomic E-state index is 11.6. The van der Waals surface area contributed by atoms with Crippen molar-refractivity contribution in [2.75, 3.05) is 0 Å². The van der Waals surface area contributed by atoms with Gasteiger partial charge in [-0.25, -0.2) is 9.36 Å². The van der Waals surface area contributed by atoms with E-state index in [-0.39, 0.29) is 5.63 Å². The topological polar surface area (TPSA) is 43.3 Å². The van der Waals surface area contributed by atoms with Crippen LogP contribution < -0.4 is 14.9 Å². The number of hydrogen-bond donors (Lipinski definition) is 0. The number of halogens is 1. The molecule has 0 N–H and O–H groups in total. The fourth-order valence-corrected chi connectivity index (χ4v) is 3.49. The molecule has 4 aromatic rings. The van der Waals surface area contributed by atoms with Crippen molar-refractivity contribution >= 4 is 26.9 Å². The fraction of sp³-hybridized carbons (Fsp3) is 0.130. The van der Waals surface area contributed by atoms with Crippen LogP contribution in [-0.4, -0.2) is 0 Å². The highest BCUT2D eigenvalue weighted by atomic mass is 79.9. The van der Waals surface area contributed by atoms with Crippen molar-refractivity contribution < 1.29 is 13.7 Å². The van der Waals surface area contributed by atoms with E-state index in [2.05, 4.69) is 26.6 Å². The molecule has 0 saturated carbocycles. The molecule has 0 aliphatic carbocycles. The molecular weight excluding hydrogens is 418 g/mol. The van der Waals surface area contributed by atoms with Gasteiger partial charge in [0.25, 0.3) is 0 Å². The van der Waals surface area contributed by atoms with E-state index in [9.17, 15) is 4.79 Å². The Morgan fingerprint density at radius 3 is 2.61 bits per heavy atom. The number of rotatable bonds is 5. The summed E-state index contributed by atoms with van der Waals surface area (Å²) >= 11 is 3.58. The fourth-order valence-electron chi connectivity index (χ4n) is 3.07. The monoisotopic (exact) mass is 436 g/mol. The number of pyridine rings is 1. The van der Waals surface area contributed by atoms with Gasteiger partial charge in [-0.15, -0.1) is 0 Å². The van der Waals surface area contributed by atoms with Gasteiger partial charge in [-0.05, 0) is 30.7 Å². The van der Waals surface area contributed by atoms with Gasteiger partial charge >= 0.3 is 5.63 Å². The van der Waals surface area contributed by atoms with Gasteiger partial charge in [0.1, 0.15) is 17.9 Å². The van der Waals surface area contributed by atoms with Crippen LogP contribution >= 0.6 is 15.9 Å². The molecule has 0 amide bonds. The SMILES string of the molecule is Cc1cc(=O)oc2cc(OCc3cc[n+](Cc4ccccc4Br)cc3)ccc12. The van der Waals surface area contributed by atoms with Crippen molar-refractivity contribution in [3.05, 3.63) is 105 Å². The standard InChI is InChI=1S/C23H19BrNO3/c1-16-12-23(26)28-22-13-19(6-7-20(16)22)27-15-17-8-10-25(11-9-17)14-18-4-2-3-5-21(18)24/h2-13H,14-15H2,1H3/q+1. The van der Waals surface area contributed by atoms with Gasteiger partial charge in [0.05, 0.1) is 0 Å². The van der Waals surface area contributed by atoms with Gasteiger partial charge in [0.15, 0.2) is 18.9 Å². The lowest BCUT2D eigenvalue weighted by atomic mass is 10.1. The van der Waals surface area contributed by atoms with E-state index in [1.807, 2.05) is 61.8 Å². The van der Waals surface area contributed by atoms with Crippen LogP contribution in [0.15, 0.2) is 86.7 Å². The summed E-state index contributed by atoms with van der Waals surface area (Å²) in [5.41, 5.74) is 3.38. The zero-order valence-electron chi connectivity index (χ0n) is 15.4. The number of aromatic nitrogens is 1. The van der Waals surface area contributed by atoms with E-state index < -0.39 is 0 Å². The first-order chi connectivity index (χ1) is 13.6. The van der Waals surface area contributed by atoms with Crippen molar-refractivity contribution in [3.63, 3.8) is 0 Å². The van der Waals surface area contributed by atoms with Crippen LogP contribution in [0.5, 0.6) is 5.75 Å². The van der Waals surface area contributed by atoms with Crippen LogP contribution in [0.2, 0.25) is 0 Å². The smallest absolute Gasteiger partial charge is 0.336 e. The van der Waals surface area contributed by atoms with E-state index in [0.29, 0.717) is 17.9 Å². The molecule has 28 heavy (non-hydrogen) atoms. The summed E-state index contributed by atoms with van der Waals surface area (Å²) in [6.07, 6.45) is 4.09. The Morgan fingerprint density at radius 2 is 1.82 bits per heavy atom. The van der Waals surface area contributed by atoms with Crippen LogP contribution in [0, 0.1) is 6.92 Å². The third-order valence-corrected chi connectivity index (χ3v) is 5.37. The van der Waals surface area contributed by atoms with E-state index in [0.717, 1.165) is 27.5 Å². The number of benzene rings is 2. The Morgan fingerprint density at radius 1 is 1.04 bits per heavy atom. The molecule has 5 heteroatoms. The molecular formula is C23H19BrNO3+. The lowest BCUT2D eigenvalue weighted by Crippen LogP contribution is -2.33. The highest BCUT2D eigenvalue weighted by molar-refractivity contribution is 9.10. The Hall–Kier alpha value is -2.92. The van der Waals surface area contributed by atoms with E-state index >= 15 is 0 Å². The highest BCUT2D eigenvalue weighted by Crippen LogP contribution is 2.23. The Bertz CT molecular complexity index is 1180. The molecule has 0 radical (unpaired) electrons. The molecule has 0 unspecified atom stereocenters. The third kappa shape index (κ3) is 4.15. The number of aryl methyl sites for hydroxylation is 1. The largest absolute Gasteiger partial charge is 0.489 e. The maximum Gasteiger partial charge on any atom is 0.336 e. The molecule has 2 aromatic carbocycles. The minimum absolute atomic E-state index is 0.347. The van der Waals surface area contributed by atoms with Gasteiger partial charge in [0.2, 0.25) is 0 Å². The second-order valence-corrected chi connectivity index (χ2v) is 7.52. The number of nitrogens with zero attached hydrogens (tertiary/aromatic N) is 1. The molecule has 2 heterocycles. The number of fused-ring (bicyclic) bond motifs is 1. The maximum absolute atomic E-state index is 11.6. The molecule has 4 rings (SSSR count). The summed E-state index contributed by atoms with van der Waals surface area (Å²) in [6.45, 7) is 3.13. The molecule has 140 valence electrons. The van der Waals surface area contributed by atoms with Crippen LogP contribution in [0.3, 0.4) is 0 Å². The van der Waals surface area contributed by atoms with Gasteiger partial charge in [-0.3, -0.25) is 0 Å². The summed E-state index contributed by atoms with van der Waals surface area (Å²) in [5.74, 6) is 0.672. The normalized spacial score (nSPS) is 10.9. The summed E-state index contributed by atoms with van der Waals surface area (Å²) in [7, 11) is 0. The van der Waals surface area contributed by atoms with Crippen molar-refractivity contribution in [1.29, 1.82) is 0 Å². The summed E-state index contributed by atoms with van der Waals surface area (Å²) in [5, 5.41) is 0.916. The van der Waals surface area contributed by atoms with Crippen LogP contribution in [0.1, 0.15) is 16.7 Å². The first kappa shape index (κ1) is 18.4. The second kappa shape index (κ2) is 7.98. The molecule has 0 spiro atoms. The second-order valence-electron chi connectivity index (χ2n) is 6.67. The quantitative estimate of drug-likeness (QED) is 0.334. The average Bonchev–Trinajstić information content (AvgIpc) is 2.69. The van der Waals surface area contributed by atoms with Crippen molar-refractivity contribution in [3.8, 4) is 5.75 Å². The van der Waals surface area contributed by atoms with E-state index in [1.165, 1.54) is 11.6 Å². The Kier molecular flexibility index (Phi) is 5.26. The lowest BCUT2D eigenvalue weighted by Gasteiger charge is -2.07. The van der Waals surface area contributed by atoms with Gasteiger partial charge in [0, 0.05) is 45.3 Å². The molecule has 2 aromatic heterocycles. The molecule has 0 atom stereocenters. The number of ether oxygens (including phenoxy) is 1. The molecule has 0 aliphatic rings. The van der Waals surface area contributed by atoms with Crippen LogP contribution in [0.4, 0.5) is 0 Å². The van der Waals surface area contributed by atoms with Crippen LogP contribution in [0.25, 0.3) is 11.0 Å². The third-order valence-electron chi connectivity index (χ3n) is 4.60. The molecule has 0 fully saturated rings. The Labute approximate surface area is 171 Å². The first-order valence-electron chi connectivity index (χ1n) is 8.97. The molecule has 4 nitrogen and oxygen atoms in total. The average molecular weight is 437 g/mol. The molecule has 0 bridgehead atoms. The highest BCUT2D eigenvalue weighted by Gasteiger charge is 2.07. The number of hydrogen-bond acceptors (Lipinski definition) is 3. The van der Waals surface area contributed by atoms with E-state index in [1.54, 1.807) is 6.07 Å². The van der Waals surface area contributed by atoms with Crippen molar-refractivity contribution in [1.82, 2.24) is 0 Å². The summed E-state index contributed by atoms with van der Waals surface area (Å²) in [6, 6.07) is 19.4.